The second-order valence-corrected chi connectivity index (χ2v) is 6.29. The Kier molecular flexibility index (Phi) is 10.8. The molecule has 0 atom stereocenters. The highest BCUT2D eigenvalue weighted by Gasteiger charge is 2.28. The van der Waals surface area contributed by atoms with Crippen LogP contribution in [0.5, 0.6) is 5.75 Å². The molecule has 0 radical (unpaired) electrons. The Balaban J connectivity index is 0.00000420. The Morgan fingerprint density at radius 3 is 2.52 bits per heavy atom. The lowest BCUT2D eigenvalue weighted by Gasteiger charge is -2.12. The van der Waals surface area contributed by atoms with Crippen LogP contribution in [0.15, 0.2) is 35.5 Å². The highest BCUT2D eigenvalue weighted by atomic mass is 127. The Morgan fingerprint density at radius 1 is 1.21 bits per heavy atom. The van der Waals surface area contributed by atoms with Crippen molar-refractivity contribution in [3.63, 3.8) is 0 Å². The molecule has 10 heteroatoms. The van der Waals surface area contributed by atoms with Crippen molar-refractivity contribution in [2.24, 2.45) is 4.99 Å². The molecular formula is C19H27F3IN5O. The predicted octanol–water partition coefficient (Wildman–Crippen LogP) is 3.97. The Labute approximate surface area is 185 Å². The van der Waals surface area contributed by atoms with E-state index in [0.717, 1.165) is 37.2 Å². The van der Waals surface area contributed by atoms with Crippen LogP contribution in [0.3, 0.4) is 0 Å². The van der Waals surface area contributed by atoms with E-state index in [1.54, 1.807) is 12.1 Å². The first kappa shape index (κ1) is 25.1. The average molecular weight is 525 g/mol. The molecule has 2 rings (SSSR count). The van der Waals surface area contributed by atoms with E-state index in [1.807, 2.05) is 20.0 Å². The molecule has 0 bridgehead atoms. The molecule has 0 amide bonds. The van der Waals surface area contributed by atoms with Crippen LogP contribution in [-0.2, 0) is 13.0 Å². The standard InChI is InChI=1S/C19H26F3N5O.HI/c1-3-23-18(24-10-4-5-16-12-26-27-14(16)2)25-11-15-6-8-17(9-7-15)28-13-19(20,21)22;/h6-9,12H,3-5,10-11,13H2,1-2H3,(H,26,27)(H2,23,24,25);1H. The van der Waals surface area contributed by atoms with Crippen molar-refractivity contribution in [1.82, 2.24) is 20.8 Å². The third-order valence-corrected chi connectivity index (χ3v) is 3.94. The number of rotatable bonds is 9. The summed E-state index contributed by atoms with van der Waals surface area (Å²) in [7, 11) is 0. The minimum absolute atomic E-state index is 0. The molecule has 1 heterocycles. The van der Waals surface area contributed by atoms with Gasteiger partial charge in [-0.15, -0.1) is 24.0 Å². The summed E-state index contributed by atoms with van der Waals surface area (Å²) in [5, 5.41) is 13.4. The van der Waals surface area contributed by atoms with Gasteiger partial charge in [-0.2, -0.15) is 18.3 Å². The van der Waals surface area contributed by atoms with Gasteiger partial charge >= 0.3 is 6.18 Å². The number of benzene rings is 1. The van der Waals surface area contributed by atoms with E-state index >= 15 is 0 Å². The third kappa shape index (κ3) is 9.86. The lowest BCUT2D eigenvalue weighted by atomic mass is 10.1. The number of aromatic amines is 1. The van der Waals surface area contributed by atoms with Crippen molar-refractivity contribution in [3.8, 4) is 5.75 Å². The lowest BCUT2D eigenvalue weighted by molar-refractivity contribution is -0.153. The fourth-order valence-corrected chi connectivity index (χ4v) is 2.48. The number of nitrogens with one attached hydrogen (secondary N) is 3. The fourth-order valence-electron chi connectivity index (χ4n) is 2.48. The van der Waals surface area contributed by atoms with Gasteiger partial charge in [-0.3, -0.25) is 5.10 Å². The number of alkyl halides is 3. The second-order valence-electron chi connectivity index (χ2n) is 6.29. The SMILES string of the molecule is CCNC(=NCc1ccc(OCC(F)(F)F)cc1)NCCCc1cn[nH]c1C.I. The van der Waals surface area contributed by atoms with Crippen LogP contribution in [0.2, 0.25) is 0 Å². The van der Waals surface area contributed by atoms with E-state index in [4.69, 9.17) is 4.74 Å². The topological polar surface area (TPSA) is 74.3 Å². The summed E-state index contributed by atoms with van der Waals surface area (Å²) >= 11 is 0. The minimum Gasteiger partial charge on any atom is -0.484 e. The van der Waals surface area contributed by atoms with Crippen LogP contribution in [-0.4, -0.2) is 42.0 Å². The fraction of sp³-hybridized carbons (Fsp3) is 0.474. The predicted molar refractivity (Wildman–Crippen MR) is 118 cm³/mol. The smallest absolute Gasteiger partial charge is 0.422 e. The normalized spacial score (nSPS) is 11.7. The highest BCUT2D eigenvalue weighted by Crippen LogP contribution is 2.19. The van der Waals surface area contributed by atoms with Gasteiger partial charge < -0.3 is 15.4 Å². The van der Waals surface area contributed by atoms with Gasteiger partial charge in [0.2, 0.25) is 0 Å². The molecule has 0 spiro atoms. The van der Waals surface area contributed by atoms with Crippen LogP contribution >= 0.6 is 24.0 Å². The molecule has 1 aromatic carbocycles. The number of H-pyrrole nitrogens is 1. The van der Waals surface area contributed by atoms with Gasteiger partial charge in [0.25, 0.3) is 0 Å². The third-order valence-electron chi connectivity index (χ3n) is 3.94. The summed E-state index contributed by atoms with van der Waals surface area (Å²) in [5.74, 6) is 0.883. The number of aromatic nitrogens is 2. The molecular weight excluding hydrogens is 498 g/mol. The summed E-state index contributed by atoms with van der Waals surface area (Å²) in [4.78, 5) is 4.51. The summed E-state index contributed by atoms with van der Waals surface area (Å²) in [6, 6.07) is 6.45. The molecule has 0 unspecified atom stereocenters. The van der Waals surface area contributed by atoms with Gasteiger partial charge in [0, 0.05) is 18.8 Å². The number of ether oxygens (including phenoxy) is 1. The summed E-state index contributed by atoms with van der Waals surface area (Å²) in [6.45, 7) is 4.60. The number of guanidine groups is 1. The first-order valence-corrected chi connectivity index (χ1v) is 9.17. The summed E-state index contributed by atoms with van der Waals surface area (Å²) in [5.41, 5.74) is 3.17. The molecule has 29 heavy (non-hydrogen) atoms. The van der Waals surface area contributed by atoms with Gasteiger partial charge in [0.15, 0.2) is 12.6 Å². The van der Waals surface area contributed by atoms with Gasteiger partial charge in [-0.1, -0.05) is 12.1 Å². The van der Waals surface area contributed by atoms with Crippen LogP contribution in [0.25, 0.3) is 0 Å². The van der Waals surface area contributed by atoms with Crippen molar-refractivity contribution < 1.29 is 17.9 Å². The number of nitrogens with zero attached hydrogens (tertiary/aromatic N) is 2. The maximum Gasteiger partial charge on any atom is 0.422 e. The number of aryl methyl sites for hydroxylation is 2. The highest BCUT2D eigenvalue weighted by molar-refractivity contribution is 14.0. The number of halogens is 4. The molecule has 0 saturated heterocycles. The number of aliphatic imine (C=N–C) groups is 1. The number of hydrogen-bond donors (Lipinski definition) is 3. The molecule has 0 aliphatic rings. The van der Waals surface area contributed by atoms with Gasteiger partial charge in [0.1, 0.15) is 5.75 Å². The van der Waals surface area contributed by atoms with Crippen molar-refractivity contribution in [2.45, 2.75) is 39.4 Å². The molecule has 3 N–H and O–H groups in total. The summed E-state index contributed by atoms with van der Waals surface area (Å²) < 4.78 is 41.2. The van der Waals surface area contributed by atoms with E-state index in [2.05, 4.69) is 25.8 Å². The van der Waals surface area contributed by atoms with Crippen LogP contribution < -0.4 is 15.4 Å². The van der Waals surface area contributed by atoms with Crippen molar-refractivity contribution in [2.75, 3.05) is 19.7 Å². The van der Waals surface area contributed by atoms with Gasteiger partial charge in [0.05, 0.1) is 12.7 Å². The summed E-state index contributed by atoms with van der Waals surface area (Å²) in [6.07, 6.45) is -0.632. The maximum atomic E-state index is 12.2. The number of hydrogen-bond acceptors (Lipinski definition) is 3. The zero-order valence-electron chi connectivity index (χ0n) is 16.5. The molecule has 6 nitrogen and oxygen atoms in total. The van der Waals surface area contributed by atoms with E-state index in [0.29, 0.717) is 12.5 Å². The van der Waals surface area contributed by atoms with Gasteiger partial charge in [-0.05, 0) is 49.9 Å². The Morgan fingerprint density at radius 2 is 1.93 bits per heavy atom. The Bertz CT molecular complexity index is 747. The largest absolute Gasteiger partial charge is 0.484 e. The molecule has 1 aromatic heterocycles. The first-order valence-electron chi connectivity index (χ1n) is 9.17. The monoisotopic (exact) mass is 525 g/mol. The van der Waals surface area contributed by atoms with E-state index in [9.17, 15) is 13.2 Å². The zero-order chi connectivity index (χ0) is 20.4. The Hall–Kier alpha value is -1.98. The van der Waals surface area contributed by atoms with Crippen molar-refractivity contribution in [1.29, 1.82) is 0 Å². The zero-order valence-corrected chi connectivity index (χ0v) is 18.8. The van der Waals surface area contributed by atoms with Crippen LogP contribution in [0.4, 0.5) is 13.2 Å². The quantitative estimate of drug-likeness (QED) is 0.201. The van der Waals surface area contributed by atoms with Crippen LogP contribution in [0.1, 0.15) is 30.2 Å². The molecule has 0 saturated carbocycles. The van der Waals surface area contributed by atoms with Crippen molar-refractivity contribution >= 4 is 29.9 Å². The second kappa shape index (κ2) is 12.6. The maximum absolute atomic E-state index is 12.2. The first-order chi connectivity index (χ1) is 13.4. The van der Waals surface area contributed by atoms with Gasteiger partial charge in [-0.25, -0.2) is 4.99 Å². The van der Waals surface area contributed by atoms with E-state index in [-0.39, 0.29) is 29.7 Å². The molecule has 2 aromatic rings. The minimum atomic E-state index is -4.34. The average Bonchev–Trinajstić information content (AvgIpc) is 3.06. The van der Waals surface area contributed by atoms with E-state index < -0.39 is 12.8 Å². The van der Waals surface area contributed by atoms with Crippen LogP contribution in [0, 0.1) is 6.92 Å². The molecule has 0 fully saturated rings. The van der Waals surface area contributed by atoms with Crippen molar-refractivity contribution in [3.05, 3.63) is 47.3 Å². The molecule has 0 aliphatic carbocycles. The van der Waals surface area contributed by atoms with E-state index in [1.165, 1.54) is 17.7 Å². The molecule has 162 valence electrons. The lowest BCUT2D eigenvalue weighted by Crippen LogP contribution is -2.37. The molecule has 0 aliphatic heterocycles.